The lowest BCUT2D eigenvalue weighted by Crippen LogP contribution is -2.38. The molecule has 1 aromatic carbocycles. The quantitative estimate of drug-likeness (QED) is 0.438. The molecule has 0 spiro atoms. The van der Waals surface area contributed by atoms with Gasteiger partial charge < -0.3 is 20.5 Å². The van der Waals surface area contributed by atoms with E-state index in [1.54, 1.807) is 19.2 Å². The molecule has 3 heterocycles. The summed E-state index contributed by atoms with van der Waals surface area (Å²) in [5.74, 6) is -2.64. The van der Waals surface area contributed by atoms with Crippen molar-refractivity contribution >= 4 is 23.4 Å². The second-order valence-corrected chi connectivity index (χ2v) is 8.79. The van der Waals surface area contributed by atoms with Gasteiger partial charge in [0.05, 0.1) is 18.4 Å². The highest BCUT2D eigenvalue weighted by Gasteiger charge is 2.40. The van der Waals surface area contributed by atoms with Crippen molar-refractivity contribution in [3.05, 3.63) is 65.4 Å². The van der Waals surface area contributed by atoms with E-state index in [0.29, 0.717) is 42.5 Å². The number of carbonyl (C=O) groups is 2. The number of pyridine rings is 2. The summed E-state index contributed by atoms with van der Waals surface area (Å²) in [4.78, 5) is 34.1. The number of methoxy groups -OCH3 is 1. The molecule has 1 aliphatic rings. The number of nitrogens with two attached hydrogens (primary N) is 1. The molecule has 3 N–H and O–H groups in total. The fourth-order valence-electron chi connectivity index (χ4n) is 4.56. The third-order valence-corrected chi connectivity index (χ3v) is 6.29. The molecule has 1 saturated heterocycles. The first kappa shape index (κ1) is 25.9. The van der Waals surface area contributed by atoms with E-state index in [9.17, 15) is 27.9 Å². The summed E-state index contributed by atoms with van der Waals surface area (Å²) >= 11 is 0. The van der Waals surface area contributed by atoms with Gasteiger partial charge in [0.1, 0.15) is 22.9 Å². The molecule has 8 nitrogen and oxygen atoms in total. The minimum absolute atomic E-state index is 0.0168. The number of Topliss-reactive ketones (excluding diaryl/α,β-unsaturated/α-hetero) is 1. The molecular formula is C26H25F3N4O4. The molecule has 1 atom stereocenters. The molecule has 37 heavy (non-hydrogen) atoms. The van der Waals surface area contributed by atoms with Crippen molar-refractivity contribution in [2.75, 3.05) is 30.8 Å². The monoisotopic (exact) mass is 514 g/mol. The van der Waals surface area contributed by atoms with E-state index in [0.717, 1.165) is 24.5 Å². The highest BCUT2D eigenvalue weighted by atomic mass is 19.4. The van der Waals surface area contributed by atoms with E-state index in [1.165, 1.54) is 12.1 Å². The Morgan fingerprint density at radius 1 is 1.11 bits per heavy atom. The second kappa shape index (κ2) is 10.5. The van der Waals surface area contributed by atoms with Crippen LogP contribution in [0, 0.1) is 5.92 Å². The molecule has 1 unspecified atom stereocenters. The van der Waals surface area contributed by atoms with Crippen molar-refractivity contribution in [1.82, 2.24) is 9.97 Å². The topological polar surface area (TPSA) is 119 Å². The van der Waals surface area contributed by atoms with Crippen LogP contribution in [-0.2, 0) is 6.42 Å². The Bertz CT molecular complexity index is 1330. The summed E-state index contributed by atoms with van der Waals surface area (Å²) in [6.07, 6.45) is -3.08. The fraction of sp³-hybridized carbons (Fsp3) is 0.308. The van der Waals surface area contributed by atoms with Gasteiger partial charge in [0, 0.05) is 24.3 Å². The normalized spacial score (nSPS) is 15.9. The summed E-state index contributed by atoms with van der Waals surface area (Å²) < 4.78 is 43.7. The zero-order valence-corrected chi connectivity index (χ0v) is 20.0. The molecule has 194 valence electrons. The average molecular weight is 515 g/mol. The first-order valence-corrected chi connectivity index (χ1v) is 11.6. The summed E-state index contributed by atoms with van der Waals surface area (Å²) in [7, 11) is 1.55. The number of anilines is 2. The summed E-state index contributed by atoms with van der Waals surface area (Å²) in [5, 5.41) is 9.80. The number of nitrogens with zero attached hydrogens (tertiary/aromatic N) is 3. The van der Waals surface area contributed by atoms with Gasteiger partial charge in [-0.2, -0.15) is 13.2 Å². The zero-order valence-electron chi connectivity index (χ0n) is 20.0. The predicted molar refractivity (Wildman–Crippen MR) is 131 cm³/mol. The maximum atomic E-state index is 12.8. The molecule has 2 aromatic heterocycles. The first-order chi connectivity index (χ1) is 17.6. The van der Waals surface area contributed by atoms with Crippen molar-refractivity contribution in [2.45, 2.75) is 25.4 Å². The number of benzene rings is 1. The van der Waals surface area contributed by atoms with E-state index in [2.05, 4.69) is 4.98 Å². The minimum atomic E-state index is -5.03. The number of carboxylic acids is 1. The lowest BCUT2D eigenvalue weighted by atomic mass is 9.92. The Morgan fingerprint density at radius 2 is 1.84 bits per heavy atom. The highest BCUT2D eigenvalue weighted by molar-refractivity contribution is 6.03. The van der Waals surface area contributed by atoms with Gasteiger partial charge in [-0.05, 0) is 61.6 Å². The smallest absolute Gasteiger partial charge is 0.455 e. The number of carboxylic acid groups (broad SMARTS) is 1. The number of aromatic nitrogens is 2. The fourth-order valence-corrected chi connectivity index (χ4v) is 4.56. The van der Waals surface area contributed by atoms with Crippen LogP contribution in [0.1, 0.15) is 39.3 Å². The number of halogens is 3. The van der Waals surface area contributed by atoms with Crippen LogP contribution in [0.4, 0.5) is 24.8 Å². The second-order valence-electron chi connectivity index (χ2n) is 8.79. The summed E-state index contributed by atoms with van der Waals surface area (Å²) in [5.41, 5.74) is 6.80. The van der Waals surface area contributed by atoms with Gasteiger partial charge in [-0.3, -0.25) is 4.79 Å². The van der Waals surface area contributed by atoms with Gasteiger partial charge in [0.15, 0.2) is 0 Å². The molecule has 1 fully saturated rings. The van der Waals surface area contributed by atoms with Crippen LogP contribution in [0.3, 0.4) is 0 Å². The van der Waals surface area contributed by atoms with Crippen LogP contribution in [0.5, 0.6) is 5.75 Å². The molecule has 0 aliphatic carbocycles. The number of aromatic carboxylic acids is 1. The maximum absolute atomic E-state index is 12.8. The summed E-state index contributed by atoms with van der Waals surface area (Å²) in [6, 6.07) is 12.9. The molecule has 1 aliphatic heterocycles. The number of rotatable bonds is 7. The number of hydrogen-bond acceptors (Lipinski definition) is 7. The number of para-hydroxylation sites is 1. The third kappa shape index (κ3) is 5.65. The van der Waals surface area contributed by atoms with E-state index < -0.39 is 29.3 Å². The Balaban J connectivity index is 1.58. The Kier molecular flexibility index (Phi) is 7.33. The number of alkyl halides is 3. The van der Waals surface area contributed by atoms with Gasteiger partial charge in [0.25, 0.3) is 5.78 Å². The minimum Gasteiger partial charge on any atom is -0.496 e. The van der Waals surface area contributed by atoms with Crippen molar-refractivity contribution in [1.29, 1.82) is 0 Å². The molecule has 3 aromatic rings. The van der Waals surface area contributed by atoms with Crippen molar-refractivity contribution in [3.8, 4) is 17.0 Å². The van der Waals surface area contributed by atoms with Crippen LogP contribution < -0.4 is 15.4 Å². The molecule has 0 saturated carbocycles. The molecule has 0 radical (unpaired) electrons. The molecular weight excluding hydrogens is 489 g/mol. The van der Waals surface area contributed by atoms with Crippen LogP contribution in [0.25, 0.3) is 11.3 Å². The Hall–Kier alpha value is -4.15. The van der Waals surface area contributed by atoms with E-state index in [-0.39, 0.29) is 11.5 Å². The number of carbonyl (C=O) groups excluding carboxylic acids is 1. The highest BCUT2D eigenvalue weighted by Crippen LogP contribution is 2.33. The molecule has 4 rings (SSSR count). The van der Waals surface area contributed by atoms with Crippen LogP contribution in [-0.4, -0.2) is 53.2 Å². The molecule has 11 heteroatoms. The number of ketones is 1. The van der Waals surface area contributed by atoms with E-state index in [4.69, 9.17) is 15.5 Å². The predicted octanol–water partition coefficient (Wildman–Crippen LogP) is 4.64. The third-order valence-electron chi connectivity index (χ3n) is 6.29. The Morgan fingerprint density at radius 3 is 2.51 bits per heavy atom. The van der Waals surface area contributed by atoms with Gasteiger partial charge in [0.2, 0.25) is 0 Å². The largest absolute Gasteiger partial charge is 0.496 e. The lowest BCUT2D eigenvalue weighted by Gasteiger charge is -2.34. The first-order valence-electron chi connectivity index (χ1n) is 11.6. The average Bonchev–Trinajstić information content (AvgIpc) is 2.87. The van der Waals surface area contributed by atoms with E-state index in [1.807, 2.05) is 23.1 Å². The Labute approximate surface area is 210 Å². The van der Waals surface area contributed by atoms with Gasteiger partial charge in [-0.25, -0.2) is 14.8 Å². The van der Waals surface area contributed by atoms with Crippen molar-refractivity contribution in [2.24, 2.45) is 5.92 Å². The maximum Gasteiger partial charge on any atom is 0.455 e. The van der Waals surface area contributed by atoms with Gasteiger partial charge in [-0.15, -0.1) is 0 Å². The molecule has 0 amide bonds. The van der Waals surface area contributed by atoms with Gasteiger partial charge >= 0.3 is 12.1 Å². The van der Waals surface area contributed by atoms with Crippen molar-refractivity contribution < 1.29 is 32.6 Å². The zero-order chi connectivity index (χ0) is 26.7. The number of ether oxygens (including phenoxy) is 1. The number of nitrogen functional groups attached to an aromatic ring is 1. The SMILES string of the molecule is COc1ccccc1-c1ccc(C(=O)O)c(N2CCCC(Cc3ccc(C(=O)C(F)(F)F)c(N)n3)C2)n1. The lowest BCUT2D eigenvalue weighted by molar-refractivity contribution is -0.0884. The summed E-state index contributed by atoms with van der Waals surface area (Å²) in [6.45, 7) is 1.06. The van der Waals surface area contributed by atoms with Crippen LogP contribution >= 0.6 is 0 Å². The van der Waals surface area contributed by atoms with Crippen molar-refractivity contribution in [3.63, 3.8) is 0 Å². The van der Waals surface area contributed by atoms with Crippen LogP contribution in [0.2, 0.25) is 0 Å². The van der Waals surface area contributed by atoms with E-state index >= 15 is 0 Å². The van der Waals surface area contributed by atoms with Crippen LogP contribution in [0.15, 0.2) is 48.5 Å². The molecule has 0 bridgehead atoms. The number of piperidine rings is 1. The van der Waals surface area contributed by atoms with Gasteiger partial charge in [-0.1, -0.05) is 12.1 Å². The standard InChI is InChI=1S/C26H25F3N4O4/c1-37-21-7-3-2-6-17(21)20-11-10-19(25(35)36)24(32-20)33-12-4-5-15(14-33)13-16-8-9-18(23(30)31-16)22(34)26(27,28)29/h2-3,6-11,15H,4-5,12-14H2,1H3,(H2,30,31)(H,35,36). The number of hydrogen-bond donors (Lipinski definition) is 2.